The number of aromatic nitrogens is 2. The molecule has 0 atom stereocenters. The van der Waals surface area contributed by atoms with Crippen molar-refractivity contribution in [3.05, 3.63) is 45.1 Å². The van der Waals surface area contributed by atoms with Gasteiger partial charge in [0.2, 0.25) is 0 Å². The number of carbonyl (C=O) groups excluding carboxylic acids is 1. The number of halogens is 1. The largest absolute Gasteiger partial charge is 0.347 e. The Morgan fingerprint density at radius 2 is 2.35 bits per heavy atom. The summed E-state index contributed by atoms with van der Waals surface area (Å²) in [6.45, 7) is 2.37. The molecule has 0 radical (unpaired) electrons. The molecule has 0 spiro atoms. The minimum absolute atomic E-state index is 0.214. The monoisotopic (exact) mass is 267 g/mol. The summed E-state index contributed by atoms with van der Waals surface area (Å²) in [7, 11) is 0. The second-order valence-corrected chi connectivity index (χ2v) is 4.68. The van der Waals surface area contributed by atoms with Crippen LogP contribution in [0.25, 0.3) is 0 Å². The van der Waals surface area contributed by atoms with Crippen molar-refractivity contribution in [3.63, 3.8) is 0 Å². The van der Waals surface area contributed by atoms with Gasteiger partial charge in [-0.2, -0.15) is 0 Å². The van der Waals surface area contributed by atoms with E-state index in [1.807, 2.05) is 6.92 Å². The van der Waals surface area contributed by atoms with Crippen LogP contribution < -0.4 is 5.32 Å². The van der Waals surface area contributed by atoms with Crippen LogP contribution in [-0.2, 0) is 6.54 Å². The second-order valence-electron chi connectivity index (χ2n) is 3.39. The minimum atomic E-state index is -0.226. The Morgan fingerprint density at radius 3 is 3.00 bits per heavy atom. The molecule has 88 valence electrons. The number of rotatable bonds is 3. The molecule has 4 nitrogen and oxygen atoms in total. The fraction of sp³-hybridized carbons (Fsp3) is 0.182. The van der Waals surface area contributed by atoms with Crippen LogP contribution in [0.4, 0.5) is 0 Å². The molecule has 0 aliphatic rings. The lowest BCUT2D eigenvalue weighted by molar-refractivity contribution is 0.0951. The van der Waals surface area contributed by atoms with E-state index in [-0.39, 0.29) is 11.1 Å². The third kappa shape index (κ3) is 2.81. The molecule has 0 unspecified atom stereocenters. The van der Waals surface area contributed by atoms with Gasteiger partial charge in [0.15, 0.2) is 0 Å². The van der Waals surface area contributed by atoms with E-state index >= 15 is 0 Å². The molecule has 1 N–H and O–H groups in total. The Morgan fingerprint density at radius 1 is 1.53 bits per heavy atom. The van der Waals surface area contributed by atoms with Crippen LogP contribution >= 0.6 is 22.9 Å². The average molecular weight is 268 g/mol. The standard InChI is InChI=1S/C11H10ClN3OS/c1-7-9(17-6-15-7)5-14-11(16)8-3-2-4-13-10(8)12/h2-4,6H,5H2,1H3,(H,14,16). The molecule has 1 amide bonds. The van der Waals surface area contributed by atoms with Crippen molar-refractivity contribution in [3.8, 4) is 0 Å². The summed E-state index contributed by atoms with van der Waals surface area (Å²) < 4.78 is 0. The van der Waals surface area contributed by atoms with E-state index in [0.29, 0.717) is 12.1 Å². The Bertz CT molecular complexity index is 541. The number of pyridine rings is 1. The number of hydrogen-bond acceptors (Lipinski definition) is 4. The predicted molar refractivity (Wildman–Crippen MR) is 67.3 cm³/mol. The SMILES string of the molecule is Cc1ncsc1CNC(=O)c1cccnc1Cl. The van der Waals surface area contributed by atoms with E-state index in [0.717, 1.165) is 10.6 Å². The van der Waals surface area contributed by atoms with Gasteiger partial charge in [-0.15, -0.1) is 11.3 Å². The molecule has 0 aliphatic carbocycles. The minimum Gasteiger partial charge on any atom is -0.347 e. The lowest BCUT2D eigenvalue weighted by atomic mass is 10.2. The van der Waals surface area contributed by atoms with E-state index in [1.165, 1.54) is 11.3 Å². The first-order valence-corrected chi connectivity index (χ1v) is 6.22. The Hall–Kier alpha value is -1.46. The fourth-order valence-electron chi connectivity index (χ4n) is 1.31. The summed E-state index contributed by atoms with van der Waals surface area (Å²) >= 11 is 7.35. The van der Waals surface area contributed by atoms with Crippen LogP contribution in [0.15, 0.2) is 23.8 Å². The first-order chi connectivity index (χ1) is 8.18. The molecule has 0 saturated carbocycles. The first kappa shape index (κ1) is 12.0. The lowest BCUT2D eigenvalue weighted by Gasteiger charge is -2.05. The highest BCUT2D eigenvalue weighted by Gasteiger charge is 2.11. The van der Waals surface area contributed by atoms with Crippen molar-refractivity contribution in [1.29, 1.82) is 0 Å². The molecule has 17 heavy (non-hydrogen) atoms. The van der Waals surface area contributed by atoms with Crippen LogP contribution in [0.3, 0.4) is 0 Å². The Balaban J connectivity index is 2.04. The maximum absolute atomic E-state index is 11.8. The van der Waals surface area contributed by atoms with E-state index in [4.69, 9.17) is 11.6 Å². The predicted octanol–water partition coefficient (Wildman–Crippen LogP) is 2.43. The van der Waals surface area contributed by atoms with E-state index in [2.05, 4.69) is 15.3 Å². The fourth-order valence-corrected chi connectivity index (χ4v) is 2.23. The highest BCUT2D eigenvalue weighted by atomic mass is 35.5. The van der Waals surface area contributed by atoms with E-state index in [1.54, 1.807) is 23.8 Å². The molecule has 0 aromatic carbocycles. The number of nitrogens with one attached hydrogen (secondary N) is 1. The number of amides is 1. The Kier molecular flexibility index (Phi) is 3.71. The van der Waals surface area contributed by atoms with Gasteiger partial charge in [-0.1, -0.05) is 11.6 Å². The van der Waals surface area contributed by atoms with Crippen molar-refractivity contribution in [2.75, 3.05) is 0 Å². The normalized spacial score (nSPS) is 10.2. The van der Waals surface area contributed by atoms with Crippen LogP contribution in [0.2, 0.25) is 5.15 Å². The summed E-state index contributed by atoms with van der Waals surface area (Å²) in [5.41, 5.74) is 3.08. The topological polar surface area (TPSA) is 54.9 Å². The molecular weight excluding hydrogens is 258 g/mol. The Labute approximate surface area is 108 Å². The van der Waals surface area contributed by atoms with Gasteiger partial charge >= 0.3 is 0 Å². The van der Waals surface area contributed by atoms with Gasteiger partial charge in [0, 0.05) is 11.1 Å². The van der Waals surface area contributed by atoms with Gasteiger partial charge < -0.3 is 5.32 Å². The lowest BCUT2D eigenvalue weighted by Crippen LogP contribution is -2.23. The first-order valence-electron chi connectivity index (χ1n) is 4.96. The number of hydrogen-bond donors (Lipinski definition) is 1. The van der Waals surface area contributed by atoms with Crippen molar-refractivity contribution < 1.29 is 4.79 Å². The molecule has 2 heterocycles. The summed E-state index contributed by atoms with van der Waals surface area (Å²) in [6.07, 6.45) is 1.55. The highest BCUT2D eigenvalue weighted by Crippen LogP contribution is 2.14. The van der Waals surface area contributed by atoms with Crippen LogP contribution in [0.5, 0.6) is 0 Å². The number of nitrogens with zero attached hydrogens (tertiary/aromatic N) is 2. The van der Waals surface area contributed by atoms with Crippen molar-refractivity contribution in [1.82, 2.24) is 15.3 Å². The van der Waals surface area contributed by atoms with E-state index < -0.39 is 0 Å². The van der Waals surface area contributed by atoms with Crippen molar-refractivity contribution >= 4 is 28.8 Å². The van der Waals surface area contributed by atoms with Crippen molar-refractivity contribution in [2.24, 2.45) is 0 Å². The van der Waals surface area contributed by atoms with Crippen LogP contribution in [-0.4, -0.2) is 15.9 Å². The quantitative estimate of drug-likeness (QED) is 0.869. The summed E-state index contributed by atoms with van der Waals surface area (Å²) in [4.78, 5) is 20.8. The molecule has 0 fully saturated rings. The van der Waals surface area contributed by atoms with E-state index in [9.17, 15) is 4.79 Å². The molecule has 2 rings (SSSR count). The van der Waals surface area contributed by atoms with Gasteiger partial charge in [0.05, 0.1) is 23.3 Å². The molecule has 0 bridgehead atoms. The molecule has 0 aliphatic heterocycles. The molecular formula is C11H10ClN3OS. The molecule has 0 saturated heterocycles. The maximum Gasteiger partial charge on any atom is 0.254 e. The van der Waals surface area contributed by atoms with Crippen LogP contribution in [0.1, 0.15) is 20.9 Å². The summed E-state index contributed by atoms with van der Waals surface area (Å²) in [6, 6.07) is 3.32. The zero-order chi connectivity index (χ0) is 12.3. The molecule has 2 aromatic rings. The van der Waals surface area contributed by atoms with Crippen LogP contribution in [0, 0.1) is 6.92 Å². The molecule has 6 heteroatoms. The summed E-state index contributed by atoms with van der Waals surface area (Å²) in [5, 5.41) is 3.00. The third-order valence-electron chi connectivity index (χ3n) is 2.26. The zero-order valence-electron chi connectivity index (χ0n) is 9.11. The average Bonchev–Trinajstić information content (AvgIpc) is 2.72. The smallest absolute Gasteiger partial charge is 0.254 e. The van der Waals surface area contributed by atoms with Gasteiger partial charge in [-0.05, 0) is 19.1 Å². The number of thiazole rings is 1. The summed E-state index contributed by atoms with van der Waals surface area (Å²) in [5.74, 6) is -0.226. The highest BCUT2D eigenvalue weighted by molar-refractivity contribution is 7.09. The number of carbonyl (C=O) groups is 1. The van der Waals surface area contributed by atoms with Crippen molar-refractivity contribution in [2.45, 2.75) is 13.5 Å². The van der Waals surface area contributed by atoms with Gasteiger partial charge in [-0.3, -0.25) is 4.79 Å². The maximum atomic E-state index is 11.8. The number of aryl methyl sites for hydroxylation is 1. The zero-order valence-corrected chi connectivity index (χ0v) is 10.7. The van der Waals surface area contributed by atoms with Gasteiger partial charge in [0.25, 0.3) is 5.91 Å². The van der Waals surface area contributed by atoms with Gasteiger partial charge in [-0.25, -0.2) is 9.97 Å². The van der Waals surface area contributed by atoms with Gasteiger partial charge in [0.1, 0.15) is 5.15 Å². The second kappa shape index (κ2) is 5.25. The third-order valence-corrected chi connectivity index (χ3v) is 3.49. The molecule has 2 aromatic heterocycles.